The Balaban J connectivity index is 2.01. The number of rotatable bonds is 5. The second-order valence-electron chi connectivity index (χ2n) is 4.96. The van der Waals surface area contributed by atoms with Gasteiger partial charge in [0.1, 0.15) is 0 Å². The van der Waals surface area contributed by atoms with Crippen LogP contribution >= 0.6 is 0 Å². The molecule has 1 saturated carbocycles. The third-order valence-electron chi connectivity index (χ3n) is 3.64. The lowest BCUT2D eigenvalue weighted by molar-refractivity contribution is 0.431. The quantitative estimate of drug-likeness (QED) is 0.823. The maximum absolute atomic E-state index is 8.78. The van der Waals surface area contributed by atoms with Crippen molar-refractivity contribution < 1.29 is 0 Å². The van der Waals surface area contributed by atoms with Crippen molar-refractivity contribution in [2.75, 3.05) is 7.05 Å². The SMILES string of the molecule is CNC(C)c1ccn(CC2(CC#N)CC2)c1. The molecule has 1 aliphatic carbocycles. The highest BCUT2D eigenvalue weighted by Gasteiger charge is 2.42. The number of aromatic nitrogens is 1. The lowest BCUT2D eigenvalue weighted by Crippen LogP contribution is -2.12. The van der Waals surface area contributed by atoms with Crippen molar-refractivity contribution in [1.82, 2.24) is 9.88 Å². The van der Waals surface area contributed by atoms with Gasteiger partial charge >= 0.3 is 0 Å². The molecule has 0 radical (unpaired) electrons. The zero-order valence-corrected chi connectivity index (χ0v) is 10.0. The van der Waals surface area contributed by atoms with Gasteiger partial charge in [0.2, 0.25) is 0 Å². The largest absolute Gasteiger partial charge is 0.353 e. The Hall–Kier alpha value is -1.27. The topological polar surface area (TPSA) is 40.8 Å². The predicted molar refractivity (Wildman–Crippen MR) is 63.8 cm³/mol. The summed E-state index contributed by atoms with van der Waals surface area (Å²) < 4.78 is 2.23. The van der Waals surface area contributed by atoms with Crippen molar-refractivity contribution in [3.05, 3.63) is 24.0 Å². The molecule has 1 N–H and O–H groups in total. The van der Waals surface area contributed by atoms with E-state index in [-0.39, 0.29) is 5.41 Å². The lowest BCUT2D eigenvalue weighted by Gasteiger charge is -2.12. The van der Waals surface area contributed by atoms with Crippen molar-refractivity contribution in [3.63, 3.8) is 0 Å². The molecule has 0 aliphatic heterocycles. The molecule has 0 spiro atoms. The number of nitriles is 1. The van der Waals surface area contributed by atoms with Crippen molar-refractivity contribution in [2.24, 2.45) is 5.41 Å². The zero-order chi connectivity index (χ0) is 11.6. The molecule has 0 amide bonds. The standard InChI is InChI=1S/C13H19N3/c1-11(15-2)12-3-8-16(9-12)10-13(4-5-13)6-7-14/h3,8-9,11,15H,4-6,10H2,1-2H3. The van der Waals surface area contributed by atoms with Gasteiger partial charge in [-0.25, -0.2) is 0 Å². The zero-order valence-electron chi connectivity index (χ0n) is 10.0. The fraction of sp³-hybridized carbons (Fsp3) is 0.615. The molecule has 2 rings (SSSR count). The third kappa shape index (κ3) is 2.28. The summed E-state index contributed by atoms with van der Waals surface area (Å²) in [6.07, 6.45) is 7.42. The van der Waals surface area contributed by atoms with Gasteiger partial charge in [0, 0.05) is 36.8 Å². The summed E-state index contributed by atoms with van der Waals surface area (Å²) in [7, 11) is 1.97. The van der Waals surface area contributed by atoms with Gasteiger partial charge in [-0.15, -0.1) is 0 Å². The Labute approximate surface area is 97.1 Å². The Morgan fingerprint density at radius 2 is 2.38 bits per heavy atom. The van der Waals surface area contributed by atoms with E-state index in [9.17, 15) is 0 Å². The molecule has 1 heterocycles. The second-order valence-corrected chi connectivity index (χ2v) is 4.96. The van der Waals surface area contributed by atoms with Crippen LogP contribution in [0.25, 0.3) is 0 Å². The van der Waals surface area contributed by atoms with Gasteiger partial charge in [-0.2, -0.15) is 5.26 Å². The Kier molecular flexibility index (Phi) is 3.02. The van der Waals surface area contributed by atoms with Crippen LogP contribution in [0.5, 0.6) is 0 Å². The summed E-state index contributed by atoms with van der Waals surface area (Å²) in [4.78, 5) is 0. The van der Waals surface area contributed by atoms with Gasteiger partial charge < -0.3 is 9.88 Å². The Morgan fingerprint density at radius 3 is 2.94 bits per heavy atom. The maximum atomic E-state index is 8.78. The first-order valence-electron chi connectivity index (χ1n) is 5.89. The van der Waals surface area contributed by atoms with Gasteiger partial charge in [-0.05, 0) is 38.4 Å². The van der Waals surface area contributed by atoms with Gasteiger partial charge in [0.25, 0.3) is 0 Å². The van der Waals surface area contributed by atoms with Gasteiger partial charge in [0.15, 0.2) is 0 Å². The minimum atomic E-state index is 0.286. The third-order valence-corrected chi connectivity index (χ3v) is 3.64. The highest BCUT2D eigenvalue weighted by atomic mass is 15.0. The Morgan fingerprint density at radius 1 is 1.62 bits per heavy atom. The number of hydrogen-bond acceptors (Lipinski definition) is 2. The van der Waals surface area contributed by atoms with Crippen LogP contribution in [-0.4, -0.2) is 11.6 Å². The van der Waals surface area contributed by atoms with E-state index >= 15 is 0 Å². The second kappa shape index (κ2) is 4.31. The van der Waals surface area contributed by atoms with Crippen molar-refractivity contribution in [3.8, 4) is 6.07 Å². The number of nitrogens with one attached hydrogen (secondary N) is 1. The number of nitrogens with zero attached hydrogens (tertiary/aromatic N) is 2. The normalized spacial score (nSPS) is 19.1. The lowest BCUT2D eigenvalue weighted by atomic mass is 10.0. The van der Waals surface area contributed by atoms with E-state index in [1.807, 2.05) is 7.05 Å². The average molecular weight is 217 g/mol. The molecule has 3 heteroatoms. The molecule has 0 aromatic carbocycles. The van der Waals surface area contributed by atoms with Crippen molar-refractivity contribution in [2.45, 2.75) is 38.8 Å². The summed E-state index contributed by atoms with van der Waals surface area (Å²) in [5.41, 5.74) is 1.60. The minimum Gasteiger partial charge on any atom is -0.353 e. The molecule has 3 nitrogen and oxygen atoms in total. The van der Waals surface area contributed by atoms with E-state index in [0.717, 1.165) is 6.54 Å². The van der Waals surface area contributed by atoms with Gasteiger partial charge in [-0.3, -0.25) is 0 Å². The summed E-state index contributed by atoms with van der Waals surface area (Å²) in [6, 6.07) is 4.86. The molecular weight excluding hydrogens is 198 g/mol. The van der Waals surface area contributed by atoms with Crippen LogP contribution in [0.1, 0.15) is 37.8 Å². The molecule has 0 saturated heterocycles. The van der Waals surface area contributed by atoms with E-state index in [1.54, 1.807) is 0 Å². The maximum Gasteiger partial charge on any atom is 0.0628 e. The van der Waals surface area contributed by atoms with E-state index in [2.05, 4.69) is 41.3 Å². The van der Waals surface area contributed by atoms with Crippen LogP contribution in [-0.2, 0) is 6.54 Å². The minimum absolute atomic E-state index is 0.286. The molecule has 1 fully saturated rings. The van der Waals surface area contributed by atoms with E-state index in [0.29, 0.717) is 12.5 Å². The molecule has 16 heavy (non-hydrogen) atoms. The molecule has 86 valence electrons. The first-order valence-corrected chi connectivity index (χ1v) is 5.89. The Bertz CT molecular complexity index is 396. The number of hydrogen-bond donors (Lipinski definition) is 1. The van der Waals surface area contributed by atoms with Crippen LogP contribution in [0.2, 0.25) is 0 Å². The van der Waals surface area contributed by atoms with Crippen LogP contribution in [0, 0.1) is 16.7 Å². The highest BCUT2D eigenvalue weighted by molar-refractivity contribution is 5.15. The average Bonchev–Trinajstić information content (AvgIpc) is 2.87. The monoisotopic (exact) mass is 217 g/mol. The van der Waals surface area contributed by atoms with E-state index < -0.39 is 0 Å². The van der Waals surface area contributed by atoms with Crippen molar-refractivity contribution in [1.29, 1.82) is 5.26 Å². The molecule has 0 bridgehead atoms. The first kappa shape index (κ1) is 11.2. The molecule has 1 aliphatic rings. The molecule has 1 aromatic heterocycles. The first-order chi connectivity index (χ1) is 7.69. The summed E-state index contributed by atoms with van der Waals surface area (Å²) in [6.45, 7) is 3.15. The van der Waals surface area contributed by atoms with E-state index in [4.69, 9.17) is 5.26 Å². The fourth-order valence-corrected chi connectivity index (χ4v) is 2.10. The molecule has 1 aromatic rings. The molecule has 1 unspecified atom stereocenters. The summed E-state index contributed by atoms with van der Waals surface area (Å²) in [5.74, 6) is 0. The van der Waals surface area contributed by atoms with Crippen LogP contribution in [0.4, 0.5) is 0 Å². The molecule has 1 atom stereocenters. The molecular formula is C13H19N3. The fourth-order valence-electron chi connectivity index (χ4n) is 2.10. The van der Waals surface area contributed by atoms with Crippen LogP contribution in [0.3, 0.4) is 0 Å². The smallest absolute Gasteiger partial charge is 0.0628 e. The van der Waals surface area contributed by atoms with Gasteiger partial charge in [-0.1, -0.05) is 0 Å². The summed E-state index contributed by atoms with van der Waals surface area (Å²) >= 11 is 0. The van der Waals surface area contributed by atoms with Gasteiger partial charge in [0.05, 0.1) is 6.07 Å². The van der Waals surface area contributed by atoms with E-state index in [1.165, 1.54) is 18.4 Å². The summed E-state index contributed by atoms with van der Waals surface area (Å²) in [5, 5.41) is 12.0. The van der Waals surface area contributed by atoms with Crippen LogP contribution in [0.15, 0.2) is 18.5 Å². The highest BCUT2D eigenvalue weighted by Crippen LogP contribution is 2.50. The van der Waals surface area contributed by atoms with Crippen molar-refractivity contribution >= 4 is 0 Å². The predicted octanol–water partition coefficient (Wildman–Crippen LogP) is 2.46. The van der Waals surface area contributed by atoms with Crippen LogP contribution < -0.4 is 5.32 Å².